The van der Waals surface area contributed by atoms with E-state index in [4.69, 9.17) is 22.1 Å². The van der Waals surface area contributed by atoms with Gasteiger partial charge in [0.1, 0.15) is 18.2 Å². The number of nitrogens with zero attached hydrogens (tertiary/aromatic N) is 2. The van der Waals surface area contributed by atoms with Gasteiger partial charge in [-0.1, -0.05) is 11.6 Å². The number of nitrogens with two attached hydrogens (primary N) is 1. The molecule has 1 heterocycles. The van der Waals surface area contributed by atoms with Crippen molar-refractivity contribution in [2.45, 2.75) is 13.5 Å². The lowest BCUT2D eigenvalue weighted by Crippen LogP contribution is -2.05. The Balaban J connectivity index is 2.19. The molecule has 0 atom stereocenters. The van der Waals surface area contributed by atoms with Crippen molar-refractivity contribution in [2.75, 3.05) is 17.7 Å². The standard InChI is InChI=1S/C13H14BrClN4O/c1-2-20-7-13-18-11(16)6-12(19-13)17-8-3-4-9(14)10(15)5-8/h3-6H,2,7H2,1H3,(H3,16,17,18,19). The summed E-state index contributed by atoms with van der Waals surface area (Å²) < 4.78 is 6.12. The molecule has 0 radical (unpaired) electrons. The highest BCUT2D eigenvalue weighted by molar-refractivity contribution is 9.10. The number of ether oxygens (including phenoxy) is 1. The molecule has 0 saturated heterocycles. The van der Waals surface area contributed by atoms with E-state index in [1.54, 1.807) is 12.1 Å². The predicted octanol–water partition coefficient (Wildman–Crippen LogP) is 3.75. The number of anilines is 3. The summed E-state index contributed by atoms with van der Waals surface area (Å²) >= 11 is 9.39. The second kappa shape index (κ2) is 6.88. The molecule has 2 rings (SSSR count). The van der Waals surface area contributed by atoms with Gasteiger partial charge in [0.25, 0.3) is 0 Å². The van der Waals surface area contributed by atoms with Crippen LogP contribution >= 0.6 is 27.5 Å². The van der Waals surface area contributed by atoms with Crippen LogP contribution < -0.4 is 11.1 Å². The first-order valence-corrected chi connectivity index (χ1v) is 7.19. The number of nitrogens with one attached hydrogen (secondary N) is 1. The molecule has 0 amide bonds. The summed E-state index contributed by atoms with van der Waals surface area (Å²) in [6, 6.07) is 7.20. The first-order chi connectivity index (χ1) is 9.58. The predicted molar refractivity (Wildman–Crippen MR) is 84.2 cm³/mol. The van der Waals surface area contributed by atoms with Crippen molar-refractivity contribution in [1.29, 1.82) is 0 Å². The molecule has 106 valence electrons. The molecule has 0 fully saturated rings. The van der Waals surface area contributed by atoms with Gasteiger partial charge in [-0.15, -0.1) is 0 Å². The van der Waals surface area contributed by atoms with E-state index >= 15 is 0 Å². The first-order valence-electron chi connectivity index (χ1n) is 6.01. The van der Waals surface area contributed by atoms with Crippen LogP contribution in [0.1, 0.15) is 12.7 Å². The van der Waals surface area contributed by atoms with Gasteiger partial charge >= 0.3 is 0 Å². The average Bonchev–Trinajstić information content (AvgIpc) is 2.40. The Kier molecular flexibility index (Phi) is 5.17. The maximum atomic E-state index is 6.05. The maximum Gasteiger partial charge on any atom is 0.158 e. The van der Waals surface area contributed by atoms with Gasteiger partial charge < -0.3 is 15.8 Å². The molecular formula is C13H14BrClN4O. The van der Waals surface area contributed by atoms with E-state index < -0.39 is 0 Å². The van der Waals surface area contributed by atoms with Crippen LogP contribution in [0.15, 0.2) is 28.7 Å². The minimum absolute atomic E-state index is 0.331. The Morgan fingerprint density at radius 3 is 2.85 bits per heavy atom. The normalized spacial score (nSPS) is 10.6. The van der Waals surface area contributed by atoms with Gasteiger partial charge in [-0.2, -0.15) is 0 Å². The Morgan fingerprint density at radius 2 is 2.15 bits per heavy atom. The fourth-order valence-corrected chi connectivity index (χ4v) is 1.99. The molecule has 0 bridgehead atoms. The second-order valence-electron chi connectivity index (χ2n) is 3.99. The van der Waals surface area contributed by atoms with Crippen LogP contribution in [0.4, 0.5) is 17.3 Å². The molecule has 3 N–H and O–H groups in total. The van der Waals surface area contributed by atoms with Gasteiger partial charge in [-0.25, -0.2) is 9.97 Å². The van der Waals surface area contributed by atoms with Crippen LogP contribution in [-0.2, 0) is 11.3 Å². The van der Waals surface area contributed by atoms with E-state index in [0.717, 1.165) is 10.2 Å². The molecular weight excluding hydrogens is 344 g/mol. The summed E-state index contributed by atoms with van der Waals surface area (Å²) in [5.74, 6) is 1.53. The summed E-state index contributed by atoms with van der Waals surface area (Å²) in [6.07, 6.45) is 0. The molecule has 1 aromatic heterocycles. The van der Waals surface area contributed by atoms with Crippen molar-refractivity contribution in [3.8, 4) is 0 Å². The minimum atomic E-state index is 0.331. The Hall–Kier alpha value is -1.37. The summed E-state index contributed by atoms with van der Waals surface area (Å²) in [6.45, 7) is 2.84. The third-order valence-corrected chi connectivity index (χ3v) is 3.65. The zero-order valence-corrected chi connectivity index (χ0v) is 13.2. The fourth-order valence-electron chi connectivity index (χ4n) is 1.56. The molecule has 0 unspecified atom stereocenters. The van der Waals surface area contributed by atoms with Gasteiger partial charge in [0, 0.05) is 22.8 Å². The van der Waals surface area contributed by atoms with Crippen molar-refractivity contribution in [3.63, 3.8) is 0 Å². The summed E-state index contributed by atoms with van der Waals surface area (Å²) in [5, 5.41) is 3.75. The average molecular weight is 358 g/mol. The molecule has 5 nitrogen and oxygen atoms in total. The molecule has 0 aliphatic rings. The number of benzene rings is 1. The topological polar surface area (TPSA) is 73.1 Å². The molecule has 0 aliphatic carbocycles. The first kappa shape index (κ1) is 15.0. The van der Waals surface area contributed by atoms with Crippen molar-refractivity contribution in [1.82, 2.24) is 9.97 Å². The van der Waals surface area contributed by atoms with Gasteiger partial charge in [0.15, 0.2) is 5.82 Å². The second-order valence-corrected chi connectivity index (χ2v) is 5.25. The van der Waals surface area contributed by atoms with Crippen molar-refractivity contribution in [3.05, 3.63) is 39.6 Å². The Bertz CT molecular complexity index is 609. The Labute approximate surface area is 130 Å². The molecule has 0 aliphatic heterocycles. The third kappa shape index (κ3) is 4.06. The van der Waals surface area contributed by atoms with Crippen LogP contribution in [-0.4, -0.2) is 16.6 Å². The lowest BCUT2D eigenvalue weighted by molar-refractivity contribution is 0.128. The highest BCUT2D eigenvalue weighted by atomic mass is 79.9. The zero-order valence-electron chi connectivity index (χ0n) is 10.9. The fraction of sp³-hybridized carbons (Fsp3) is 0.231. The number of hydrogen-bond acceptors (Lipinski definition) is 5. The summed E-state index contributed by atoms with van der Waals surface area (Å²) in [5.41, 5.74) is 6.58. The lowest BCUT2D eigenvalue weighted by Gasteiger charge is -2.09. The highest BCUT2D eigenvalue weighted by Crippen LogP contribution is 2.27. The molecule has 0 spiro atoms. The van der Waals surface area contributed by atoms with Gasteiger partial charge in [-0.05, 0) is 41.1 Å². The highest BCUT2D eigenvalue weighted by Gasteiger charge is 2.05. The van der Waals surface area contributed by atoms with Crippen LogP contribution in [0, 0.1) is 0 Å². The molecule has 0 saturated carbocycles. The molecule has 2 aromatic rings. The zero-order chi connectivity index (χ0) is 14.5. The maximum absolute atomic E-state index is 6.05. The number of halogens is 2. The van der Waals surface area contributed by atoms with E-state index in [0.29, 0.717) is 35.7 Å². The third-order valence-electron chi connectivity index (χ3n) is 2.42. The van der Waals surface area contributed by atoms with Crippen molar-refractivity contribution in [2.24, 2.45) is 0 Å². The van der Waals surface area contributed by atoms with Crippen molar-refractivity contribution < 1.29 is 4.74 Å². The van der Waals surface area contributed by atoms with Gasteiger partial charge in [0.05, 0.1) is 5.02 Å². The monoisotopic (exact) mass is 356 g/mol. The van der Waals surface area contributed by atoms with Crippen LogP contribution in [0.25, 0.3) is 0 Å². The number of hydrogen-bond donors (Lipinski definition) is 2. The molecule has 7 heteroatoms. The van der Waals surface area contributed by atoms with E-state index in [1.807, 2.05) is 19.1 Å². The van der Waals surface area contributed by atoms with Crippen LogP contribution in [0.3, 0.4) is 0 Å². The number of rotatable bonds is 5. The summed E-state index contributed by atoms with van der Waals surface area (Å²) in [7, 11) is 0. The quantitative estimate of drug-likeness (QED) is 0.852. The largest absolute Gasteiger partial charge is 0.384 e. The van der Waals surface area contributed by atoms with Gasteiger partial charge in [-0.3, -0.25) is 0 Å². The van der Waals surface area contributed by atoms with Gasteiger partial charge in [0.2, 0.25) is 0 Å². The van der Waals surface area contributed by atoms with Crippen LogP contribution in [0.5, 0.6) is 0 Å². The lowest BCUT2D eigenvalue weighted by atomic mass is 10.3. The van der Waals surface area contributed by atoms with Crippen molar-refractivity contribution >= 4 is 44.9 Å². The smallest absolute Gasteiger partial charge is 0.158 e. The van der Waals surface area contributed by atoms with E-state index in [2.05, 4.69) is 31.2 Å². The number of nitrogen functional groups attached to an aromatic ring is 1. The summed E-state index contributed by atoms with van der Waals surface area (Å²) in [4.78, 5) is 8.45. The molecule has 20 heavy (non-hydrogen) atoms. The van der Waals surface area contributed by atoms with Crippen LogP contribution in [0.2, 0.25) is 5.02 Å². The van der Waals surface area contributed by atoms with E-state index in [1.165, 1.54) is 0 Å². The Morgan fingerprint density at radius 1 is 1.35 bits per heavy atom. The van der Waals surface area contributed by atoms with E-state index in [9.17, 15) is 0 Å². The minimum Gasteiger partial charge on any atom is -0.384 e. The molecule has 1 aromatic carbocycles. The number of aromatic nitrogens is 2. The van der Waals surface area contributed by atoms with E-state index in [-0.39, 0.29) is 0 Å². The SMILES string of the molecule is CCOCc1nc(N)cc(Nc2ccc(Br)c(Cl)c2)n1.